The molecule has 0 saturated heterocycles. The van der Waals surface area contributed by atoms with E-state index in [0.29, 0.717) is 12.7 Å². The van der Waals surface area contributed by atoms with Gasteiger partial charge in [-0.15, -0.1) is 0 Å². The molecule has 0 bridgehead atoms. The quantitative estimate of drug-likeness (QED) is 0.622. The van der Waals surface area contributed by atoms with Gasteiger partial charge >= 0.3 is 0 Å². The van der Waals surface area contributed by atoms with E-state index in [2.05, 4.69) is 0 Å². The Morgan fingerprint density at radius 3 is 2.58 bits per heavy atom. The zero-order valence-electron chi connectivity index (χ0n) is 6.60. The topological polar surface area (TPSA) is 17.1 Å². The van der Waals surface area contributed by atoms with E-state index in [1.165, 1.54) is 0 Å². The molecule has 0 atom stereocenters. The van der Waals surface area contributed by atoms with Gasteiger partial charge in [0.2, 0.25) is 0 Å². The van der Waals surface area contributed by atoms with Gasteiger partial charge in [-0.05, 0) is 24.1 Å². The van der Waals surface area contributed by atoms with Gasteiger partial charge in [0.25, 0.3) is 0 Å². The van der Waals surface area contributed by atoms with E-state index in [4.69, 9.17) is 0 Å². The van der Waals surface area contributed by atoms with Gasteiger partial charge in [0.1, 0.15) is 11.6 Å². The number of carbonyl (C=O) groups is 1. The van der Waals surface area contributed by atoms with E-state index in [9.17, 15) is 13.6 Å². The van der Waals surface area contributed by atoms with Crippen LogP contribution in [0.3, 0.4) is 0 Å². The SMILES string of the molecule is CCc1cc(F)cc(C=O)c1F. The second-order valence-electron chi connectivity index (χ2n) is 2.44. The van der Waals surface area contributed by atoms with Gasteiger partial charge in [-0.1, -0.05) is 6.92 Å². The number of hydrogen-bond donors (Lipinski definition) is 0. The van der Waals surface area contributed by atoms with Crippen LogP contribution in [0.1, 0.15) is 22.8 Å². The molecule has 0 unspecified atom stereocenters. The van der Waals surface area contributed by atoms with Gasteiger partial charge < -0.3 is 0 Å². The number of hydrogen-bond acceptors (Lipinski definition) is 1. The van der Waals surface area contributed by atoms with Crippen LogP contribution in [-0.4, -0.2) is 6.29 Å². The van der Waals surface area contributed by atoms with Crippen LogP contribution in [0.4, 0.5) is 8.78 Å². The third-order valence-electron chi connectivity index (χ3n) is 1.65. The van der Waals surface area contributed by atoms with Crippen LogP contribution in [0, 0.1) is 11.6 Å². The fourth-order valence-corrected chi connectivity index (χ4v) is 1.01. The minimum absolute atomic E-state index is 0.216. The summed E-state index contributed by atoms with van der Waals surface area (Å²) in [6.45, 7) is 1.70. The second-order valence-corrected chi connectivity index (χ2v) is 2.44. The molecule has 0 amide bonds. The van der Waals surface area contributed by atoms with Crippen LogP contribution in [0.25, 0.3) is 0 Å². The molecule has 0 heterocycles. The van der Waals surface area contributed by atoms with E-state index < -0.39 is 11.6 Å². The molecule has 1 aromatic rings. The first-order valence-electron chi connectivity index (χ1n) is 3.62. The second kappa shape index (κ2) is 3.43. The minimum atomic E-state index is -0.617. The number of aryl methyl sites for hydroxylation is 1. The normalized spacial score (nSPS) is 9.92. The molecule has 3 heteroatoms. The fraction of sp³-hybridized carbons (Fsp3) is 0.222. The Morgan fingerprint density at radius 2 is 2.08 bits per heavy atom. The fourth-order valence-electron chi connectivity index (χ4n) is 1.01. The Bertz CT molecular complexity index is 308. The standard InChI is InChI=1S/C9H8F2O/c1-2-6-3-8(10)4-7(5-12)9(6)11/h3-5H,2H2,1H3. The number of rotatable bonds is 2. The Balaban J connectivity index is 3.31. The highest BCUT2D eigenvalue weighted by molar-refractivity contribution is 5.75. The summed E-state index contributed by atoms with van der Waals surface area (Å²) in [6, 6.07) is 1.99. The van der Waals surface area contributed by atoms with Crippen molar-refractivity contribution in [3.8, 4) is 0 Å². The lowest BCUT2D eigenvalue weighted by Gasteiger charge is -2.01. The molecule has 0 aliphatic rings. The summed E-state index contributed by atoms with van der Waals surface area (Å²) in [7, 11) is 0. The molecule has 0 N–H and O–H groups in total. The lowest BCUT2D eigenvalue weighted by molar-refractivity contribution is 0.111. The maximum Gasteiger partial charge on any atom is 0.153 e. The van der Waals surface area contributed by atoms with Crippen LogP contribution in [0.5, 0.6) is 0 Å². The number of aldehydes is 1. The molecular formula is C9H8F2O. The van der Waals surface area contributed by atoms with Gasteiger partial charge in [-0.25, -0.2) is 8.78 Å². The first kappa shape index (κ1) is 8.84. The predicted molar refractivity (Wildman–Crippen MR) is 41.1 cm³/mol. The van der Waals surface area contributed by atoms with Crippen molar-refractivity contribution in [2.24, 2.45) is 0 Å². The highest BCUT2D eigenvalue weighted by Gasteiger charge is 2.08. The monoisotopic (exact) mass is 170 g/mol. The predicted octanol–water partition coefficient (Wildman–Crippen LogP) is 2.34. The molecule has 1 aromatic carbocycles. The zero-order valence-corrected chi connectivity index (χ0v) is 6.60. The van der Waals surface area contributed by atoms with Gasteiger partial charge in [0, 0.05) is 0 Å². The first-order valence-corrected chi connectivity index (χ1v) is 3.62. The van der Waals surface area contributed by atoms with Gasteiger partial charge in [-0.2, -0.15) is 0 Å². The van der Waals surface area contributed by atoms with Crippen molar-refractivity contribution in [2.45, 2.75) is 13.3 Å². The molecule has 0 aromatic heterocycles. The average molecular weight is 170 g/mol. The molecule has 0 radical (unpaired) electrons. The highest BCUT2D eigenvalue weighted by atomic mass is 19.1. The first-order chi connectivity index (χ1) is 5.69. The Labute approximate surface area is 69.0 Å². The van der Waals surface area contributed by atoms with Crippen molar-refractivity contribution < 1.29 is 13.6 Å². The van der Waals surface area contributed by atoms with Crippen LogP contribution in [0.2, 0.25) is 0 Å². The maximum absolute atomic E-state index is 13.1. The van der Waals surface area contributed by atoms with Crippen molar-refractivity contribution in [1.82, 2.24) is 0 Å². The van der Waals surface area contributed by atoms with Crippen LogP contribution >= 0.6 is 0 Å². The van der Waals surface area contributed by atoms with E-state index >= 15 is 0 Å². The van der Waals surface area contributed by atoms with Gasteiger partial charge in [-0.3, -0.25) is 4.79 Å². The summed E-state index contributed by atoms with van der Waals surface area (Å²) in [4.78, 5) is 10.2. The van der Waals surface area contributed by atoms with E-state index in [1.807, 2.05) is 0 Å². The maximum atomic E-state index is 13.1. The summed E-state index contributed by atoms with van der Waals surface area (Å²) >= 11 is 0. The summed E-state index contributed by atoms with van der Waals surface area (Å²) in [5.74, 6) is -1.19. The molecular weight excluding hydrogens is 162 g/mol. The number of benzene rings is 1. The van der Waals surface area contributed by atoms with E-state index in [-0.39, 0.29) is 11.1 Å². The van der Waals surface area contributed by atoms with Crippen molar-refractivity contribution >= 4 is 6.29 Å². The van der Waals surface area contributed by atoms with Crippen LogP contribution in [-0.2, 0) is 6.42 Å². The largest absolute Gasteiger partial charge is 0.298 e. The Hall–Kier alpha value is -1.25. The van der Waals surface area contributed by atoms with Crippen molar-refractivity contribution in [3.05, 3.63) is 34.9 Å². The number of halogens is 2. The molecule has 12 heavy (non-hydrogen) atoms. The summed E-state index contributed by atoms with van der Waals surface area (Å²) in [5.41, 5.74) is 0.0175. The van der Waals surface area contributed by atoms with Crippen molar-refractivity contribution in [3.63, 3.8) is 0 Å². The summed E-state index contributed by atoms with van der Waals surface area (Å²) < 4.78 is 25.7. The smallest absolute Gasteiger partial charge is 0.153 e. The summed E-state index contributed by atoms with van der Waals surface area (Å²) in [5, 5.41) is 0. The highest BCUT2D eigenvalue weighted by Crippen LogP contribution is 2.14. The van der Waals surface area contributed by atoms with Gasteiger partial charge in [0.15, 0.2) is 6.29 Å². The summed E-state index contributed by atoms with van der Waals surface area (Å²) in [6.07, 6.45) is 0.696. The minimum Gasteiger partial charge on any atom is -0.298 e. The molecule has 64 valence electrons. The molecule has 0 aliphatic heterocycles. The molecule has 0 spiro atoms. The lowest BCUT2D eigenvalue weighted by atomic mass is 10.1. The molecule has 0 saturated carbocycles. The lowest BCUT2D eigenvalue weighted by Crippen LogP contribution is -1.96. The third kappa shape index (κ3) is 1.49. The van der Waals surface area contributed by atoms with Crippen molar-refractivity contribution in [1.29, 1.82) is 0 Å². The Morgan fingerprint density at radius 1 is 1.42 bits per heavy atom. The zero-order chi connectivity index (χ0) is 9.14. The van der Waals surface area contributed by atoms with Crippen LogP contribution in [0.15, 0.2) is 12.1 Å². The van der Waals surface area contributed by atoms with E-state index in [1.54, 1.807) is 6.92 Å². The van der Waals surface area contributed by atoms with E-state index in [0.717, 1.165) is 12.1 Å². The Kier molecular flexibility index (Phi) is 2.53. The van der Waals surface area contributed by atoms with Gasteiger partial charge in [0.05, 0.1) is 5.56 Å². The third-order valence-corrected chi connectivity index (χ3v) is 1.65. The molecule has 0 aliphatic carbocycles. The average Bonchev–Trinajstić information content (AvgIpc) is 2.08. The number of carbonyl (C=O) groups excluding carboxylic acids is 1. The molecule has 0 fully saturated rings. The van der Waals surface area contributed by atoms with Crippen molar-refractivity contribution in [2.75, 3.05) is 0 Å². The molecule has 1 rings (SSSR count). The van der Waals surface area contributed by atoms with Crippen LogP contribution < -0.4 is 0 Å². The molecule has 1 nitrogen and oxygen atoms in total.